The molecular weight excluding hydrogens is 376 g/mol. The zero-order chi connectivity index (χ0) is 21.2. The van der Waals surface area contributed by atoms with Crippen molar-refractivity contribution in [3.05, 3.63) is 95.6 Å². The van der Waals surface area contributed by atoms with Gasteiger partial charge in [-0.3, -0.25) is 4.79 Å². The van der Waals surface area contributed by atoms with Crippen LogP contribution in [-0.4, -0.2) is 12.5 Å². The molecule has 3 rings (SSSR count). The second-order valence-corrected chi connectivity index (χ2v) is 6.43. The maximum atomic E-state index is 12.5. The molecule has 0 saturated heterocycles. The molecule has 0 radical (unpaired) electrons. The molecule has 0 heterocycles. The smallest absolute Gasteiger partial charge is 0.266 e. The number of nitrogens with zero attached hydrogens (tertiary/aromatic N) is 1. The van der Waals surface area contributed by atoms with E-state index in [1.54, 1.807) is 36.4 Å². The average molecular weight is 398 g/mol. The van der Waals surface area contributed by atoms with Crippen LogP contribution < -0.4 is 14.8 Å². The van der Waals surface area contributed by atoms with Gasteiger partial charge >= 0.3 is 0 Å². The molecule has 1 N–H and O–H groups in total. The van der Waals surface area contributed by atoms with Gasteiger partial charge in [0.2, 0.25) is 0 Å². The molecule has 0 saturated carbocycles. The van der Waals surface area contributed by atoms with E-state index >= 15 is 0 Å². The van der Waals surface area contributed by atoms with Crippen molar-refractivity contribution < 1.29 is 14.3 Å². The van der Waals surface area contributed by atoms with Crippen molar-refractivity contribution in [3.8, 4) is 17.6 Å². The summed E-state index contributed by atoms with van der Waals surface area (Å²) in [5, 5.41) is 12.2. The molecule has 0 spiro atoms. The first-order valence-electron chi connectivity index (χ1n) is 9.60. The minimum atomic E-state index is -0.475. The number of nitriles is 1. The van der Waals surface area contributed by atoms with E-state index in [9.17, 15) is 10.1 Å². The number of rotatable bonds is 8. The maximum absolute atomic E-state index is 12.5. The van der Waals surface area contributed by atoms with Gasteiger partial charge in [0, 0.05) is 5.69 Å². The summed E-state index contributed by atoms with van der Waals surface area (Å²) >= 11 is 0. The Labute approximate surface area is 176 Å². The van der Waals surface area contributed by atoms with Crippen LogP contribution in [0.15, 0.2) is 84.4 Å². The quantitative estimate of drug-likeness (QED) is 0.418. The van der Waals surface area contributed by atoms with E-state index in [1.807, 2.05) is 61.5 Å². The highest BCUT2D eigenvalue weighted by molar-refractivity contribution is 6.09. The monoisotopic (exact) mass is 398 g/mol. The van der Waals surface area contributed by atoms with E-state index in [4.69, 9.17) is 9.47 Å². The fourth-order valence-electron chi connectivity index (χ4n) is 2.75. The zero-order valence-electron chi connectivity index (χ0n) is 16.7. The predicted molar refractivity (Wildman–Crippen MR) is 117 cm³/mol. The zero-order valence-corrected chi connectivity index (χ0v) is 16.7. The van der Waals surface area contributed by atoms with Crippen LogP contribution >= 0.6 is 0 Å². The van der Waals surface area contributed by atoms with Gasteiger partial charge in [0.15, 0.2) is 0 Å². The summed E-state index contributed by atoms with van der Waals surface area (Å²) < 4.78 is 11.2. The van der Waals surface area contributed by atoms with Crippen molar-refractivity contribution in [3.63, 3.8) is 0 Å². The van der Waals surface area contributed by atoms with Gasteiger partial charge in [-0.05, 0) is 60.5 Å². The number of benzene rings is 3. The summed E-state index contributed by atoms with van der Waals surface area (Å²) in [7, 11) is 0. The van der Waals surface area contributed by atoms with Crippen molar-refractivity contribution in [2.75, 3.05) is 11.9 Å². The highest BCUT2D eigenvalue weighted by atomic mass is 16.5. The maximum Gasteiger partial charge on any atom is 0.266 e. The van der Waals surface area contributed by atoms with Crippen molar-refractivity contribution in [1.29, 1.82) is 5.26 Å². The molecule has 0 bridgehead atoms. The van der Waals surface area contributed by atoms with E-state index in [0.717, 1.165) is 11.3 Å². The molecule has 3 aromatic rings. The fourth-order valence-corrected chi connectivity index (χ4v) is 2.75. The topological polar surface area (TPSA) is 71.3 Å². The number of hydrogen-bond acceptors (Lipinski definition) is 4. The third kappa shape index (κ3) is 5.98. The molecule has 0 aliphatic heterocycles. The third-order valence-electron chi connectivity index (χ3n) is 4.21. The Morgan fingerprint density at radius 2 is 1.73 bits per heavy atom. The van der Waals surface area contributed by atoms with Gasteiger partial charge in [-0.1, -0.05) is 42.5 Å². The Morgan fingerprint density at radius 1 is 0.967 bits per heavy atom. The highest BCUT2D eigenvalue weighted by Crippen LogP contribution is 2.19. The van der Waals surface area contributed by atoms with Crippen molar-refractivity contribution >= 4 is 17.7 Å². The molecule has 150 valence electrons. The molecule has 0 aromatic heterocycles. The van der Waals surface area contributed by atoms with Crippen LogP contribution in [0.2, 0.25) is 0 Å². The average Bonchev–Trinajstić information content (AvgIpc) is 2.78. The lowest BCUT2D eigenvalue weighted by atomic mass is 10.1. The van der Waals surface area contributed by atoms with Gasteiger partial charge in [0.1, 0.15) is 29.7 Å². The highest BCUT2D eigenvalue weighted by Gasteiger charge is 2.10. The van der Waals surface area contributed by atoms with Gasteiger partial charge in [-0.15, -0.1) is 0 Å². The minimum absolute atomic E-state index is 0.00379. The molecule has 0 unspecified atom stereocenters. The van der Waals surface area contributed by atoms with Gasteiger partial charge < -0.3 is 14.8 Å². The molecular formula is C25H22N2O3. The number of carbonyl (C=O) groups is 1. The fraction of sp³-hybridized carbons (Fsp3) is 0.120. The van der Waals surface area contributed by atoms with E-state index in [1.165, 1.54) is 0 Å². The first-order valence-corrected chi connectivity index (χ1v) is 9.60. The molecule has 3 aromatic carbocycles. The molecule has 0 atom stereocenters. The molecule has 1 amide bonds. The third-order valence-corrected chi connectivity index (χ3v) is 4.21. The summed E-state index contributed by atoms with van der Waals surface area (Å²) in [6.45, 7) is 2.92. The first kappa shape index (κ1) is 20.7. The molecule has 30 heavy (non-hydrogen) atoms. The summed E-state index contributed by atoms with van der Waals surface area (Å²) in [6.07, 6.45) is 1.54. The lowest BCUT2D eigenvalue weighted by Crippen LogP contribution is -2.13. The van der Waals surface area contributed by atoms with Crippen molar-refractivity contribution in [2.24, 2.45) is 0 Å². The standard InChI is InChI=1S/C25H22N2O3/c1-2-29-23-13-11-22(12-14-23)27-25(28)21(17-26)15-20-9-6-10-24(16-20)30-18-19-7-4-3-5-8-19/h3-16H,2,18H2,1H3,(H,27,28)/b21-15-. The molecule has 5 heteroatoms. The van der Waals surface area contributed by atoms with Crippen LogP contribution in [0.4, 0.5) is 5.69 Å². The lowest BCUT2D eigenvalue weighted by molar-refractivity contribution is -0.112. The van der Waals surface area contributed by atoms with E-state index in [-0.39, 0.29) is 5.57 Å². The van der Waals surface area contributed by atoms with Crippen molar-refractivity contribution in [2.45, 2.75) is 13.5 Å². The molecule has 5 nitrogen and oxygen atoms in total. The van der Waals surface area contributed by atoms with E-state index in [2.05, 4.69) is 5.32 Å². The van der Waals surface area contributed by atoms with Crippen molar-refractivity contribution in [1.82, 2.24) is 0 Å². The lowest BCUT2D eigenvalue weighted by Gasteiger charge is -2.08. The number of carbonyl (C=O) groups excluding carboxylic acids is 1. The summed E-state index contributed by atoms with van der Waals surface area (Å²) in [4.78, 5) is 12.5. The summed E-state index contributed by atoms with van der Waals surface area (Å²) in [6, 6.07) is 26.1. The van der Waals surface area contributed by atoms with Gasteiger partial charge in [0.25, 0.3) is 5.91 Å². The largest absolute Gasteiger partial charge is 0.494 e. The molecule has 0 fully saturated rings. The predicted octanol–water partition coefficient (Wildman–Crippen LogP) is 5.21. The van der Waals surface area contributed by atoms with Gasteiger partial charge in [-0.25, -0.2) is 0 Å². The minimum Gasteiger partial charge on any atom is -0.494 e. The van der Waals surface area contributed by atoms with Gasteiger partial charge in [0.05, 0.1) is 6.61 Å². The Bertz CT molecular complexity index is 1050. The van der Waals surface area contributed by atoms with Crippen LogP contribution in [0, 0.1) is 11.3 Å². The Morgan fingerprint density at radius 3 is 2.43 bits per heavy atom. The summed E-state index contributed by atoms with van der Waals surface area (Å²) in [5.41, 5.74) is 2.36. The normalized spacial score (nSPS) is 10.7. The van der Waals surface area contributed by atoms with Crippen LogP contribution in [-0.2, 0) is 11.4 Å². The second-order valence-electron chi connectivity index (χ2n) is 6.43. The second kappa shape index (κ2) is 10.5. The number of anilines is 1. The van der Waals surface area contributed by atoms with E-state index < -0.39 is 5.91 Å². The van der Waals surface area contributed by atoms with Crippen LogP contribution in [0.5, 0.6) is 11.5 Å². The van der Waals surface area contributed by atoms with E-state index in [0.29, 0.717) is 30.2 Å². The van der Waals surface area contributed by atoms with Crippen LogP contribution in [0.25, 0.3) is 6.08 Å². The number of ether oxygens (including phenoxy) is 2. The Kier molecular flexibility index (Phi) is 7.23. The first-order chi connectivity index (χ1) is 14.7. The van der Waals surface area contributed by atoms with Crippen LogP contribution in [0.1, 0.15) is 18.1 Å². The number of nitrogens with one attached hydrogen (secondary N) is 1. The van der Waals surface area contributed by atoms with Gasteiger partial charge in [-0.2, -0.15) is 5.26 Å². The van der Waals surface area contributed by atoms with Crippen LogP contribution in [0.3, 0.4) is 0 Å². The number of hydrogen-bond donors (Lipinski definition) is 1. The number of amides is 1. The molecule has 0 aliphatic carbocycles. The Balaban J connectivity index is 1.67. The SMILES string of the molecule is CCOc1ccc(NC(=O)/C(C#N)=C\c2cccc(OCc3ccccc3)c2)cc1. The Hall–Kier alpha value is -4.04. The molecule has 0 aliphatic rings. The summed E-state index contributed by atoms with van der Waals surface area (Å²) in [5.74, 6) is 0.910.